The monoisotopic (exact) mass is 290 g/mol. The number of aromatic nitrogens is 6. The highest BCUT2D eigenvalue weighted by atomic mass is 35.5. The first-order valence-electron chi connectivity index (χ1n) is 6.41. The lowest BCUT2D eigenvalue weighted by atomic mass is 10.2. The van der Waals surface area contributed by atoms with Crippen molar-refractivity contribution in [2.24, 2.45) is 7.05 Å². The van der Waals surface area contributed by atoms with E-state index in [9.17, 15) is 0 Å². The van der Waals surface area contributed by atoms with Crippen molar-refractivity contribution in [3.63, 3.8) is 0 Å². The van der Waals surface area contributed by atoms with Crippen molar-refractivity contribution in [3.8, 4) is 0 Å². The zero-order valence-corrected chi connectivity index (χ0v) is 12.3. The minimum Gasteiger partial charge on any atom is -0.327 e. The van der Waals surface area contributed by atoms with Gasteiger partial charge in [0, 0.05) is 25.4 Å². The molecule has 3 rings (SSSR count). The zero-order valence-electron chi connectivity index (χ0n) is 11.6. The average Bonchev–Trinajstić information content (AvgIpc) is 2.98. The largest absolute Gasteiger partial charge is 0.327 e. The number of hydrogen-bond acceptors (Lipinski definition) is 4. The number of rotatable bonds is 3. The predicted molar refractivity (Wildman–Crippen MR) is 76.7 cm³/mol. The summed E-state index contributed by atoms with van der Waals surface area (Å²) in [5, 5.41) is 5.36. The molecule has 7 heteroatoms. The van der Waals surface area contributed by atoms with Crippen LogP contribution in [0.1, 0.15) is 31.4 Å². The summed E-state index contributed by atoms with van der Waals surface area (Å²) in [6, 6.07) is 0. The third kappa shape index (κ3) is 2.16. The first-order chi connectivity index (χ1) is 9.56. The summed E-state index contributed by atoms with van der Waals surface area (Å²) in [7, 11) is 1.84. The quantitative estimate of drug-likeness (QED) is 0.695. The van der Waals surface area contributed by atoms with Crippen molar-refractivity contribution in [2.75, 3.05) is 0 Å². The molecule has 0 atom stereocenters. The van der Waals surface area contributed by atoms with Crippen LogP contribution in [-0.2, 0) is 13.6 Å². The first-order valence-corrected chi connectivity index (χ1v) is 6.79. The minimum absolute atomic E-state index is 0.348. The number of nitrogens with zero attached hydrogens (tertiary/aromatic N) is 6. The molecule has 104 valence electrons. The maximum absolute atomic E-state index is 6.19. The van der Waals surface area contributed by atoms with Crippen molar-refractivity contribution in [2.45, 2.75) is 26.3 Å². The molecule has 3 aromatic heterocycles. The lowest BCUT2D eigenvalue weighted by Gasteiger charge is -2.09. The number of hydrogen-bond donors (Lipinski definition) is 0. The number of fused-ring (bicyclic) bond motifs is 1. The fourth-order valence-corrected chi connectivity index (χ4v) is 2.44. The molecule has 0 N–H and O–H groups in total. The molecule has 3 aromatic rings. The molecular formula is C13H15ClN6. The van der Waals surface area contributed by atoms with Gasteiger partial charge in [0.1, 0.15) is 11.0 Å². The van der Waals surface area contributed by atoms with Crippen LogP contribution in [-0.4, -0.2) is 29.3 Å². The molecule has 0 radical (unpaired) electrons. The molecule has 0 aromatic carbocycles. The second-order valence-electron chi connectivity index (χ2n) is 5.00. The summed E-state index contributed by atoms with van der Waals surface area (Å²) in [6.07, 6.45) is 5.40. The van der Waals surface area contributed by atoms with E-state index in [2.05, 4.69) is 33.9 Å². The van der Waals surface area contributed by atoms with Gasteiger partial charge in [-0.3, -0.25) is 4.68 Å². The Morgan fingerprint density at radius 3 is 2.85 bits per heavy atom. The van der Waals surface area contributed by atoms with Gasteiger partial charge in [-0.25, -0.2) is 15.0 Å². The van der Waals surface area contributed by atoms with Gasteiger partial charge in [-0.1, -0.05) is 25.4 Å². The summed E-state index contributed by atoms with van der Waals surface area (Å²) in [4.78, 5) is 13.2. The standard InChI is InChI=1S/C13H15ClN6/c1-8(2)12-15-4-5-20(12)7-10-17-11(14)9-6-16-19(3)13(9)18-10/h4-6,8H,7H2,1-3H3. The molecule has 0 aliphatic rings. The molecule has 0 fully saturated rings. The molecule has 0 unspecified atom stereocenters. The predicted octanol–water partition coefficient (Wildman–Crippen LogP) is 2.38. The normalized spacial score (nSPS) is 11.7. The Hall–Kier alpha value is -1.95. The highest BCUT2D eigenvalue weighted by Gasteiger charge is 2.12. The molecule has 0 amide bonds. The van der Waals surface area contributed by atoms with Gasteiger partial charge in [-0.2, -0.15) is 5.10 Å². The van der Waals surface area contributed by atoms with E-state index >= 15 is 0 Å². The van der Waals surface area contributed by atoms with Gasteiger partial charge in [0.05, 0.1) is 18.1 Å². The smallest absolute Gasteiger partial charge is 0.162 e. The van der Waals surface area contributed by atoms with Crippen LogP contribution in [0.25, 0.3) is 11.0 Å². The molecule has 0 aliphatic heterocycles. The number of aryl methyl sites for hydroxylation is 1. The van der Waals surface area contributed by atoms with E-state index < -0.39 is 0 Å². The van der Waals surface area contributed by atoms with Crippen molar-refractivity contribution >= 4 is 22.6 Å². The summed E-state index contributed by atoms with van der Waals surface area (Å²) in [6.45, 7) is 4.77. The molecule has 0 saturated carbocycles. The van der Waals surface area contributed by atoms with Crippen LogP contribution in [0.4, 0.5) is 0 Å². The fourth-order valence-electron chi connectivity index (χ4n) is 2.21. The minimum atomic E-state index is 0.348. The average molecular weight is 291 g/mol. The van der Waals surface area contributed by atoms with Crippen LogP contribution in [0.15, 0.2) is 18.6 Å². The van der Waals surface area contributed by atoms with Gasteiger partial charge in [-0.15, -0.1) is 0 Å². The van der Waals surface area contributed by atoms with Gasteiger partial charge in [0.15, 0.2) is 11.5 Å². The Kier molecular flexibility index (Phi) is 3.17. The van der Waals surface area contributed by atoms with Gasteiger partial charge < -0.3 is 4.57 Å². The van der Waals surface area contributed by atoms with Crippen LogP contribution < -0.4 is 0 Å². The Bertz CT molecular complexity index is 757. The van der Waals surface area contributed by atoms with Crippen molar-refractivity contribution < 1.29 is 0 Å². The first kappa shape index (κ1) is 13.1. The van der Waals surface area contributed by atoms with E-state index in [1.807, 2.05) is 17.8 Å². The molecule has 20 heavy (non-hydrogen) atoms. The third-order valence-electron chi connectivity index (χ3n) is 3.17. The van der Waals surface area contributed by atoms with Gasteiger partial charge in [0.25, 0.3) is 0 Å². The SMILES string of the molecule is CC(C)c1nccn1Cc1nc(Cl)c2cnn(C)c2n1. The fraction of sp³-hybridized carbons (Fsp3) is 0.385. The molecule has 0 saturated heterocycles. The Labute approximate surface area is 121 Å². The van der Waals surface area contributed by atoms with Crippen LogP contribution in [0, 0.1) is 0 Å². The lowest BCUT2D eigenvalue weighted by molar-refractivity contribution is 0.649. The van der Waals surface area contributed by atoms with Crippen LogP contribution in [0.5, 0.6) is 0 Å². The van der Waals surface area contributed by atoms with Crippen molar-refractivity contribution in [3.05, 3.63) is 35.4 Å². The third-order valence-corrected chi connectivity index (χ3v) is 3.46. The van der Waals surface area contributed by atoms with E-state index in [0.29, 0.717) is 23.4 Å². The molecule has 0 spiro atoms. The van der Waals surface area contributed by atoms with E-state index in [4.69, 9.17) is 11.6 Å². The Balaban J connectivity index is 2.02. The molecule has 0 aliphatic carbocycles. The maximum atomic E-state index is 6.19. The molecule has 3 heterocycles. The maximum Gasteiger partial charge on any atom is 0.162 e. The van der Waals surface area contributed by atoms with Gasteiger partial charge >= 0.3 is 0 Å². The summed E-state index contributed by atoms with van der Waals surface area (Å²) in [5.74, 6) is 2.02. The highest BCUT2D eigenvalue weighted by molar-refractivity contribution is 6.33. The van der Waals surface area contributed by atoms with Crippen LogP contribution in [0.3, 0.4) is 0 Å². The Morgan fingerprint density at radius 1 is 1.30 bits per heavy atom. The second-order valence-corrected chi connectivity index (χ2v) is 5.36. The number of imidazole rings is 1. The van der Waals surface area contributed by atoms with Gasteiger partial charge in [0.2, 0.25) is 0 Å². The lowest BCUT2D eigenvalue weighted by Crippen LogP contribution is -2.09. The second kappa shape index (κ2) is 4.86. The highest BCUT2D eigenvalue weighted by Crippen LogP contribution is 2.20. The number of halogens is 1. The Morgan fingerprint density at radius 2 is 2.10 bits per heavy atom. The summed E-state index contributed by atoms with van der Waals surface area (Å²) >= 11 is 6.19. The topological polar surface area (TPSA) is 61.4 Å². The summed E-state index contributed by atoms with van der Waals surface area (Å²) in [5.41, 5.74) is 0.742. The van der Waals surface area contributed by atoms with Crippen molar-refractivity contribution in [1.29, 1.82) is 0 Å². The van der Waals surface area contributed by atoms with E-state index in [1.165, 1.54) is 0 Å². The summed E-state index contributed by atoms with van der Waals surface area (Å²) < 4.78 is 3.74. The molecular weight excluding hydrogens is 276 g/mol. The van der Waals surface area contributed by atoms with E-state index in [0.717, 1.165) is 16.9 Å². The zero-order chi connectivity index (χ0) is 14.3. The van der Waals surface area contributed by atoms with Crippen LogP contribution in [0.2, 0.25) is 5.15 Å². The van der Waals surface area contributed by atoms with Gasteiger partial charge in [-0.05, 0) is 0 Å². The van der Waals surface area contributed by atoms with E-state index in [1.54, 1.807) is 17.1 Å². The van der Waals surface area contributed by atoms with Crippen molar-refractivity contribution in [1.82, 2.24) is 29.3 Å². The van der Waals surface area contributed by atoms with Crippen LogP contribution >= 0.6 is 11.6 Å². The molecule has 6 nitrogen and oxygen atoms in total. The van der Waals surface area contributed by atoms with E-state index in [-0.39, 0.29) is 0 Å². The molecule has 0 bridgehead atoms.